The number of hydrogen-bond acceptors (Lipinski definition) is 3. The number of para-hydroxylation sites is 1. The molecule has 4 aromatic rings. The molecule has 2 aromatic heterocycles. The number of aromatic nitrogens is 2. The summed E-state index contributed by atoms with van der Waals surface area (Å²) >= 11 is 0. The standard InChI is InChI=1S/C20H15F2N3O2S/c21-15-9-10-18(22)19(12-15)28(26,27)25(16-6-2-1-3-7-16)14-17-13-23-20-8-4-5-11-24(17)20/h1-13H,14H2. The monoisotopic (exact) mass is 399 g/mol. The minimum atomic E-state index is -4.37. The highest BCUT2D eigenvalue weighted by atomic mass is 32.2. The first-order valence-electron chi connectivity index (χ1n) is 8.40. The van der Waals surface area contributed by atoms with E-state index in [4.69, 9.17) is 0 Å². The summed E-state index contributed by atoms with van der Waals surface area (Å²) in [5, 5.41) is 0. The number of fused-ring (bicyclic) bond motifs is 1. The van der Waals surface area contributed by atoms with E-state index in [1.54, 1.807) is 59.3 Å². The van der Waals surface area contributed by atoms with Crippen molar-refractivity contribution in [3.63, 3.8) is 0 Å². The lowest BCUT2D eigenvalue weighted by molar-refractivity contribution is 0.550. The molecule has 0 saturated heterocycles. The minimum Gasteiger partial charge on any atom is -0.302 e. The van der Waals surface area contributed by atoms with Crippen LogP contribution in [0.1, 0.15) is 5.69 Å². The van der Waals surface area contributed by atoms with Gasteiger partial charge in [-0.15, -0.1) is 0 Å². The molecule has 0 aliphatic rings. The van der Waals surface area contributed by atoms with Crippen molar-refractivity contribution < 1.29 is 17.2 Å². The molecule has 28 heavy (non-hydrogen) atoms. The molecule has 2 heterocycles. The summed E-state index contributed by atoms with van der Waals surface area (Å²) in [5.41, 5.74) is 1.57. The number of hydrogen-bond donors (Lipinski definition) is 0. The third-order valence-corrected chi connectivity index (χ3v) is 6.09. The van der Waals surface area contributed by atoms with Gasteiger partial charge in [-0.25, -0.2) is 22.2 Å². The van der Waals surface area contributed by atoms with E-state index in [-0.39, 0.29) is 6.54 Å². The van der Waals surface area contributed by atoms with Crippen LogP contribution in [0.2, 0.25) is 0 Å². The van der Waals surface area contributed by atoms with E-state index in [2.05, 4.69) is 4.98 Å². The van der Waals surface area contributed by atoms with Crippen molar-refractivity contribution in [1.29, 1.82) is 0 Å². The smallest absolute Gasteiger partial charge is 0.267 e. The Morgan fingerprint density at radius 2 is 1.71 bits per heavy atom. The minimum absolute atomic E-state index is 0.104. The van der Waals surface area contributed by atoms with Gasteiger partial charge < -0.3 is 4.40 Å². The zero-order valence-electron chi connectivity index (χ0n) is 14.5. The highest BCUT2D eigenvalue weighted by Gasteiger charge is 2.29. The fourth-order valence-electron chi connectivity index (χ4n) is 2.95. The van der Waals surface area contributed by atoms with Crippen LogP contribution in [0.3, 0.4) is 0 Å². The lowest BCUT2D eigenvalue weighted by atomic mass is 10.3. The molecule has 0 N–H and O–H groups in total. The van der Waals surface area contributed by atoms with Crippen LogP contribution in [0.25, 0.3) is 5.65 Å². The fraction of sp³-hybridized carbons (Fsp3) is 0.0500. The summed E-state index contributed by atoms with van der Waals surface area (Å²) < 4.78 is 57.3. The number of sulfonamides is 1. The lowest BCUT2D eigenvalue weighted by Gasteiger charge is -2.24. The van der Waals surface area contributed by atoms with E-state index >= 15 is 0 Å². The first kappa shape index (κ1) is 18.1. The lowest BCUT2D eigenvalue weighted by Crippen LogP contribution is -2.31. The van der Waals surface area contributed by atoms with Crippen LogP contribution in [-0.4, -0.2) is 17.8 Å². The highest BCUT2D eigenvalue weighted by molar-refractivity contribution is 7.92. The van der Waals surface area contributed by atoms with E-state index in [0.29, 0.717) is 23.1 Å². The third-order valence-electron chi connectivity index (χ3n) is 4.30. The first-order valence-corrected chi connectivity index (χ1v) is 9.84. The van der Waals surface area contributed by atoms with Gasteiger partial charge in [0.1, 0.15) is 22.2 Å². The van der Waals surface area contributed by atoms with E-state index < -0.39 is 26.6 Å². The summed E-state index contributed by atoms with van der Waals surface area (Å²) in [6.07, 6.45) is 3.32. The molecule has 5 nitrogen and oxygen atoms in total. The van der Waals surface area contributed by atoms with E-state index in [0.717, 1.165) is 16.4 Å². The number of pyridine rings is 1. The van der Waals surface area contributed by atoms with Gasteiger partial charge in [0.15, 0.2) is 0 Å². The summed E-state index contributed by atoms with van der Waals surface area (Å²) in [7, 11) is -4.37. The Bertz CT molecular complexity index is 1240. The molecule has 0 amide bonds. The van der Waals surface area contributed by atoms with Crippen molar-refractivity contribution in [2.75, 3.05) is 4.31 Å². The number of imidazole rings is 1. The van der Waals surface area contributed by atoms with Gasteiger partial charge in [0, 0.05) is 6.20 Å². The van der Waals surface area contributed by atoms with Crippen LogP contribution in [0, 0.1) is 11.6 Å². The Morgan fingerprint density at radius 1 is 0.964 bits per heavy atom. The molecule has 0 spiro atoms. The van der Waals surface area contributed by atoms with Crippen molar-refractivity contribution in [3.05, 3.63) is 96.5 Å². The Morgan fingerprint density at radius 3 is 2.50 bits per heavy atom. The molecule has 0 bridgehead atoms. The van der Waals surface area contributed by atoms with Crippen LogP contribution in [-0.2, 0) is 16.6 Å². The molecular weight excluding hydrogens is 384 g/mol. The molecule has 0 fully saturated rings. The summed E-state index contributed by atoms with van der Waals surface area (Å²) in [4.78, 5) is 3.54. The predicted molar refractivity (Wildman–Crippen MR) is 101 cm³/mol. The second kappa shape index (κ2) is 7.05. The maximum Gasteiger partial charge on any atom is 0.267 e. The maximum absolute atomic E-state index is 14.3. The Kier molecular flexibility index (Phi) is 4.56. The maximum atomic E-state index is 14.3. The molecule has 0 aliphatic heterocycles. The number of anilines is 1. The first-order chi connectivity index (χ1) is 13.5. The van der Waals surface area contributed by atoms with Crippen molar-refractivity contribution in [2.24, 2.45) is 0 Å². The molecule has 0 saturated carbocycles. The molecule has 2 aromatic carbocycles. The van der Waals surface area contributed by atoms with Crippen LogP contribution < -0.4 is 4.31 Å². The number of rotatable bonds is 5. The molecule has 8 heteroatoms. The second-order valence-corrected chi connectivity index (χ2v) is 7.93. The summed E-state index contributed by atoms with van der Waals surface area (Å²) in [6.45, 7) is -0.104. The third kappa shape index (κ3) is 3.22. The molecule has 142 valence electrons. The van der Waals surface area contributed by atoms with Crippen molar-refractivity contribution in [2.45, 2.75) is 11.4 Å². The summed E-state index contributed by atoms with van der Waals surface area (Å²) in [6, 6.07) is 16.1. The van der Waals surface area contributed by atoms with Crippen LogP contribution in [0.4, 0.5) is 14.5 Å². The van der Waals surface area contributed by atoms with E-state index in [9.17, 15) is 17.2 Å². The van der Waals surface area contributed by atoms with Gasteiger partial charge in [0.2, 0.25) is 0 Å². The zero-order valence-corrected chi connectivity index (χ0v) is 15.4. The van der Waals surface area contributed by atoms with Crippen molar-refractivity contribution in [1.82, 2.24) is 9.38 Å². The number of benzene rings is 2. The van der Waals surface area contributed by atoms with Gasteiger partial charge in [0.05, 0.1) is 24.1 Å². The van der Waals surface area contributed by atoms with Gasteiger partial charge in [0.25, 0.3) is 10.0 Å². The number of nitrogens with zero attached hydrogens (tertiary/aromatic N) is 3. The van der Waals surface area contributed by atoms with Crippen LogP contribution in [0.5, 0.6) is 0 Å². The Hall–Kier alpha value is -3.26. The van der Waals surface area contributed by atoms with Gasteiger partial charge >= 0.3 is 0 Å². The van der Waals surface area contributed by atoms with Gasteiger partial charge in [-0.3, -0.25) is 4.31 Å². The molecule has 4 rings (SSSR count). The van der Waals surface area contributed by atoms with Crippen LogP contribution >= 0.6 is 0 Å². The molecular formula is C20H15F2N3O2S. The van der Waals surface area contributed by atoms with Crippen molar-refractivity contribution >= 4 is 21.4 Å². The van der Waals surface area contributed by atoms with Crippen LogP contribution in [0.15, 0.2) is 84.0 Å². The van der Waals surface area contributed by atoms with E-state index in [1.807, 2.05) is 6.07 Å². The SMILES string of the molecule is O=S(=O)(c1cc(F)ccc1F)N(Cc1cnc2ccccn12)c1ccccc1. The quantitative estimate of drug-likeness (QED) is 0.510. The normalized spacial score (nSPS) is 11.6. The van der Waals surface area contributed by atoms with Gasteiger partial charge in [-0.2, -0.15) is 0 Å². The highest BCUT2D eigenvalue weighted by Crippen LogP contribution is 2.28. The number of halogens is 2. The topological polar surface area (TPSA) is 54.7 Å². The Balaban J connectivity index is 1.86. The van der Waals surface area contributed by atoms with E-state index in [1.165, 1.54) is 0 Å². The predicted octanol–water partition coefficient (Wildman–Crippen LogP) is 4.01. The summed E-state index contributed by atoms with van der Waals surface area (Å²) in [5.74, 6) is -1.84. The Labute approximate surface area is 160 Å². The fourth-order valence-corrected chi connectivity index (χ4v) is 4.47. The second-order valence-electron chi connectivity index (χ2n) is 6.10. The largest absolute Gasteiger partial charge is 0.302 e. The van der Waals surface area contributed by atoms with Crippen molar-refractivity contribution in [3.8, 4) is 0 Å². The van der Waals surface area contributed by atoms with Gasteiger partial charge in [-0.05, 0) is 42.5 Å². The molecule has 0 atom stereocenters. The molecule has 0 radical (unpaired) electrons. The average molecular weight is 399 g/mol. The molecule has 0 aliphatic carbocycles. The zero-order chi connectivity index (χ0) is 19.7. The average Bonchev–Trinajstić information content (AvgIpc) is 3.11. The molecule has 0 unspecified atom stereocenters. The van der Waals surface area contributed by atoms with Gasteiger partial charge in [-0.1, -0.05) is 24.3 Å².